The minimum absolute atomic E-state index is 0.0210. The van der Waals surface area contributed by atoms with E-state index in [0.717, 1.165) is 24.0 Å². The monoisotopic (exact) mass is 388 g/mol. The van der Waals surface area contributed by atoms with Crippen LogP contribution in [0.1, 0.15) is 48.0 Å². The molecule has 0 saturated heterocycles. The first-order valence-electron chi connectivity index (χ1n) is 9.24. The summed E-state index contributed by atoms with van der Waals surface area (Å²) >= 11 is 1.51. The molecule has 144 valence electrons. The fraction of sp³-hybridized carbons (Fsp3) is 0.381. The molecule has 0 bridgehead atoms. The van der Waals surface area contributed by atoms with E-state index >= 15 is 0 Å². The summed E-state index contributed by atoms with van der Waals surface area (Å²) < 4.78 is 20.0. The van der Waals surface area contributed by atoms with E-state index in [0.29, 0.717) is 16.6 Å². The average Bonchev–Trinajstić information content (AvgIpc) is 2.70. The normalized spacial score (nSPS) is 14.8. The third kappa shape index (κ3) is 4.82. The summed E-state index contributed by atoms with van der Waals surface area (Å²) in [5.74, 6) is -0.299. The van der Waals surface area contributed by atoms with Crippen LogP contribution < -0.4 is 15.0 Å². The predicted octanol–water partition coefficient (Wildman–Crippen LogP) is 5.03. The Balaban J connectivity index is 1.76. The van der Waals surface area contributed by atoms with Gasteiger partial charge in [-0.2, -0.15) is 4.83 Å². The standard InChI is InChI=1S/C21H25FN2O2S/c1-14-12-15(17-10-6-7-11-19(17)26-2)13-18(20(14)22)21(25)23-24-27-16-8-4-3-5-9-16/h6-7,10-13,16,24H,3-5,8-9H2,1-2H3,(H,23,25). The molecule has 0 aromatic heterocycles. The van der Waals surface area contributed by atoms with Gasteiger partial charge in [0, 0.05) is 10.8 Å². The van der Waals surface area contributed by atoms with Gasteiger partial charge in [-0.1, -0.05) is 49.4 Å². The Bertz CT molecular complexity index is 807. The van der Waals surface area contributed by atoms with Crippen molar-refractivity contribution in [2.24, 2.45) is 0 Å². The molecule has 0 radical (unpaired) electrons. The number of hydrogen-bond donors (Lipinski definition) is 2. The van der Waals surface area contributed by atoms with E-state index in [1.54, 1.807) is 26.2 Å². The number of para-hydroxylation sites is 1. The maximum absolute atomic E-state index is 14.6. The van der Waals surface area contributed by atoms with E-state index in [1.165, 1.54) is 31.2 Å². The molecule has 2 aromatic rings. The Morgan fingerprint density at radius 1 is 1.19 bits per heavy atom. The Labute approximate surface area is 164 Å². The number of aryl methyl sites for hydroxylation is 1. The van der Waals surface area contributed by atoms with Gasteiger partial charge in [0.2, 0.25) is 0 Å². The number of carbonyl (C=O) groups excluding carboxylic acids is 1. The number of benzene rings is 2. The van der Waals surface area contributed by atoms with Crippen LogP contribution in [0.15, 0.2) is 36.4 Å². The Morgan fingerprint density at radius 3 is 2.67 bits per heavy atom. The van der Waals surface area contributed by atoms with Gasteiger partial charge in [0.1, 0.15) is 11.6 Å². The number of rotatable bonds is 6. The number of amides is 1. The molecular formula is C21H25FN2O2S. The smallest absolute Gasteiger partial charge is 0.269 e. The third-order valence-corrected chi connectivity index (χ3v) is 5.88. The van der Waals surface area contributed by atoms with Crippen molar-refractivity contribution in [3.05, 3.63) is 53.3 Å². The summed E-state index contributed by atoms with van der Waals surface area (Å²) in [7, 11) is 1.59. The van der Waals surface area contributed by atoms with Crippen molar-refractivity contribution >= 4 is 17.9 Å². The molecule has 2 N–H and O–H groups in total. The highest BCUT2D eigenvalue weighted by atomic mass is 32.2. The second kappa shape index (κ2) is 9.24. The zero-order valence-electron chi connectivity index (χ0n) is 15.7. The molecule has 0 atom stereocenters. The highest BCUT2D eigenvalue weighted by molar-refractivity contribution is 7.98. The van der Waals surface area contributed by atoms with Crippen molar-refractivity contribution in [1.29, 1.82) is 0 Å². The molecular weight excluding hydrogens is 363 g/mol. The molecule has 1 aliphatic rings. The zero-order valence-corrected chi connectivity index (χ0v) is 16.5. The van der Waals surface area contributed by atoms with Crippen LogP contribution >= 0.6 is 11.9 Å². The van der Waals surface area contributed by atoms with E-state index in [1.807, 2.05) is 24.3 Å². The van der Waals surface area contributed by atoms with Crippen LogP contribution in [0.4, 0.5) is 4.39 Å². The first-order chi connectivity index (χ1) is 13.1. The topological polar surface area (TPSA) is 50.4 Å². The number of ether oxygens (including phenoxy) is 1. The lowest BCUT2D eigenvalue weighted by molar-refractivity contribution is 0.0942. The van der Waals surface area contributed by atoms with Crippen molar-refractivity contribution in [3.63, 3.8) is 0 Å². The molecule has 4 nitrogen and oxygen atoms in total. The molecule has 0 heterocycles. The van der Waals surface area contributed by atoms with E-state index in [-0.39, 0.29) is 5.56 Å². The Kier molecular flexibility index (Phi) is 6.74. The van der Waals surface area contributed by atoms with Gasteiger partial charge in [-0.3, -0.25) is 10.2 Å². The second-order valence-corrected chi connectivity index (χ2v) is 7.90. The van der Waals surface area contributed by atoms with Crippen LogP contribution in [0.5, 0.6) is 5.75 Å². The molecule has 1 fully saturated rings. The molecule has 2 aromatic carbocycles. The lowest BCUT2D eigenvalue weighted by Crippen LogP contribution is -2.35. The number of hydrogen-bond acceptors (Lipinski definition) is 4. The minimum atomic E-state index is -0.504. The lowest BCUT2D eigenvalue weighted by atomic mass is 9.98. The summed E-state index contributed by atoms with van der Waals surface area (Å²) in [4.78, 5) is 15.4. The molecule has 3 rings (SSSR count). The van der Waals surface area contributed by atoms with Crippen molar-refractivity contribution in [1.82, 2.24) is 10.3 Å². The first-order valence-corrected chi connectivity index (χ1v) is 10.1. The van der Waals surface area contributed by atoms with E-state index < -0.39 is 11.7 Å². The van der Waals surface area contributed by atoms with Crippen molar-refractivity contribution < 1.29 is 13.9 Å². The minimum Gasteiger partial charge on any atom is -0.496 e. The number of methoxy groups -OCH3 is 1. The SMILES string of the molecule is COc1ccccc1-c1cc(C)c(F)c(C(=O)NNSC2CCCCC2)c1. The van der Waals surface area contributed by atoms with Crippen LogP contribution in [0.2, 0.25) is 0 Å². The molecule has 1 aliphatic carbocycles. The number of carbonyl (C=O) groups is 1. The zero-order chi connectivity index (χ0) is 19.2. The number of hydrazine groups is 1. The van der Waals surface area contributed by atoms with Gasteiger partial charge in [0.25, 0.3) is 5.91 Å². The third-order valence-electron chi connectivity index (χ3n) is 4.86. The van der Waals surface area contributed by atoms with Crippen molar-refractivity contribution in [2.75, 3.05) is 7.11 Å². The molecule has 1 saturated carbocycles. The molecule has 1 amide bonds. The average molecular weight is 389 g/mol. The Morgan fingerprint density at radius 2 is 1.93 bits per heavy atom. The molecule has 0 spiro atoms. The van der Waals surface area contributed by atoms with Crippen molar-refractivity contribution in [3.8, 4) is 16.9 Å². The summed E-state index contributed by atoms with van der Waals surface area (Å²) in [5.41, 5.74) is 4.63. The van der Waals surface area contributed by atoms with Gasteiger partial charge < -0.3 is 4.74 Å². The van der Waals surface area contributed by atoms with Crippen LogP contribution in [-0.2, 0) is 0 Å². The van der Waals surface area contributed by atoms with E-state index in [9.17, 15) is 9.18 Å². The maximum Gasteiger partial charge on any atom is 0.269 e. The van der Waals surface area contributed by atoms with Crippen LogP contribution in [-0.4, -0.2) is 18.3 Å². The van der Waals surface area contributed by atoms with E-state index in [4.69, 9.17) is 4.74 Å². The summed E-state index contributed by atoms with van der Waals surface area (Å²) in [5, 5.41) is 0.491. The van der Waals surface area contributed by atoms with Gasteiger partial charge in [-0.25, -0.2) is 4.39 Å². The Hall–Kier alpha value is -2.05. The van der Waals surface area contributed by atoms with Gasteiger partial charge in [-0.05, 0) is 49.1 Å². The van der Waals surface area contributed by atoms with Crippen molar-refractivity contribution in [2.45, 2.75) is 44.3 Å². The van der Waals surface area contributed by atoms with Crippen LogP contribution in [0, 0.1) is 12.7 Å². The van der Waals surface area contributed by atoms with Crippen LogP contribution in [0.25, 0.3) is 11.1 Å². The maximum atomic E-state index is 14.6. The van der Waals surface area contributed by atoms with Gasteiger partial charge in [0.15, 0.2) is 0 Å². The van der Waals surface area contributed by atoms with E-state index in [2.05, 4.69) is 10.3 Å². The van der Waals surface area contributed by atoms with Gasteiger partial charge in [-0.15, -0.1) is 0 Å². The lowest BCUT2D eigenvalue weighted by Gasteiger charge is -2.21. The summed E-state index contributed by atoms with van der Waals surface area (Å²) in [6.45, 7) is 1.66. The first kappa shape index (κ1) is 19.7. The highest BCUT2D eigenvalue weighted by Gasteiger charge is 2.18. The summed E-state index contributed by atoms with van der Waals surface area (Å²) in [6.07, 6.45) is 6.02. The fourth-order valence-corrected chi connectivity index (χ4v) is 4.27. The summed E-state index contributed by atoms with van der Waals surface area (Å²) in [6, 6.07) is 10.8. The highest BCUT2D eigenvalue weighted by Crippen LogP contribution is 2.32. The quantitative estimate of drug-likeness (QED) is 0.539. The largest absolute Gasteiger partial charge is 0.496 e. The molecule has 0 aliphatic heterocycles. The molecule has 0 unspecified atom stereocenters. The fourth-order valence-electron chi connectivity index (χ4n) is 3.38. The number of halogens is 1. The number of nitrogens with one attached hydrogen (secondary N) is 2. The van der Waals surface area contributed by atoms with Gasteiger partial charge >= 0.3 is 0 Å². The molecule has 6 heteroatoms. The molecule has 27 heavy (non-hydrogen) atoms. The predicted molar refractivity (Wildman–Crippen MR) is 108 cm³/mol. The van der Waals surface area contributed by atoms with Gasteiger partial charge in [0.05, 0.1) is 12.7 Å². The second-order valence-electron chi connectivity index (χ2n) is 6.79. The van der Waals surface area contributed by atoms with Crippen LogP contribution in [0.3, 0.4) is 0 Å².